The Kier molecular flexibility index (Phi) is 2.87. The molecule has 1 aromatic carbocycles. The summed E-state index contributed by atoms with van der Waals surface area (Å²) in [5.74, 6) is 1.66. The predicted molar refractivity (Wildman–Crippen MR) is 71.5 cm³/mol. The van der Waals surface area contributed by atoms with Crippen LogP contribution in [-0.4, -0.2) is 15.2 Å². The van der Waals surface area contributed by atoms with Crippen molar-refractivity contribution in [3.05, 3.63) is 40.8 Å². The van der Waals surface area contributed by atoms with Crippen LogP contribution in [0.1, 0.15) is 5.76 Å². The number of benzene rings is 1. The van der Waals surface area contributed by atoms with E-state index in [0.717, 1.165) is 11.3 Å². The maximum atomic E-state index is 9.64. The van der Waals surface area contributed by atoms with Crippen LogP contribution in [0.5, 0.6) is 5.75 Å². The molecule has 0 amide bonds. The molecule has 0 saturated carbocycles. The average molecular weight is 321 g/mol. The van der Waals surface area contributed by atoms with E-state index in [-0.39, 0.29) is 5.75 Å². The van der Waals surface area contributed by atoms with E-state index in [9.17, 15) is 5.11 Å². The number of rotatable bonds is 2. The quantitative estimate of drug-likeness (QED) is 0.778. The Morgan fingerprint density at radius 1 is 1.26 bits per heavy atom. The summed E-state index contributed by atoms with van der Waals surface area (Å²) in [7, 11) is 0. The number of aryl methyl sites for hydroxylation is 1. The Hall–Kier alpha value is -2.08. The lowest BCUT2D eigenvalue weighted by molar-refractivity contribution is 0.431. The van der Waals surface area contributed by atoms with Gasteiger partial charge in [0.2, 0.25) is 5.82 Å². The molecule has 3 rings (SSSR count). The third kappa shape index (κ3) is 2.15. The van der Waals surface area contributed by atoms with Crippen LogP contribution in [0.25, 0.3) is 22.8 Å². The van der Waals surface area contributed by atoms with E-state index in [2.05, 4.69) is 26.1 Å². The van der Waals surface area contributed by atoms with Crippen molar-refractivity contribution in [3.8, 4) is 28.6 Å². The van der Waals surface area contributed by atoms with Gasteiger partial charge in [0, 0.05) is 5.56 Å². The van der Waals surface area contributed by atoms with Gasteiger partial charge in [-0.3, -0.25) is 0 Å². The second kappa shape index (κ2) is 4.55. The van der Waals surface area contributed by atoms with E-state index in [4.69, 9.17) is 8.94 Å². The van der Waals surface area contributed by atoms with Gasteiger partial charge in [-0.2, -0.15) is 4.98 Å². The Morgan fingerprint density at radius 3 is 2.79 bits per heavy atom. The fraction of sp³-hybridized carbons (Fsp3) is 0.0769. The summed E-state index contributed by atoms with van der Waals surface area (Å²) in [6, 6.07) is 6.84. The third-order valence-corrected chi connectivity index (χ3v) is 3.39. The smallest absolute Gasteiger partial charge is 0.258 e. The number of hydrogen-bond acceptors (Lipinski definition) is 5. The van der Waals surface area contributed by atoms with Crippen molar-refractivity contribution in [2.75, 3.05) is 0 Å². The molecule has 0 aliphatic carbocycles. The highest BCUT2D eigenvalue weighted by Gasteiger charge is 2.14. The van der Waals surface area contributed by atoms with Gasteiger partial charge in [-0.05, 0) is 47.1 Å². The highest BCUT2D eigenvalue weighted by atomic mass is 79.9. The van der Waals surface area contributed by atoms with Gasteiger partial charge >= 0.3 is 0 Å². The summed E-state index contributed by atoms with van der Waals surface area (Å²) < 4.78 is 11.0. The SMILES string of the molecule is Cc1occc1-c1noc(-c2ccc(Br)c(O)c2)n1. The van der Waals surface area contributed by atoms with Gasteiger partial charge in [0.25, 0.3) is 5.89 Å². The lowest BCUT2D eigenvalue weighted by Gasteiger charge is -1.98. The van der Waals surface area contributed by atoms with Gasteiger partial charge in [0.1, 0.15) is 11.5 Å². The molecule has 96 valence electrons. The monoisotopic (exact) mass is 320 g/mol. The minimum atomic E-state index is 0.122. The standard InChI is InChI=1S/C13H9BrN2O3/c1-7-9(4-5-18-7)12-15-13(19-16-12)8-2-3-10(14)11(17)6-8/h2-6,17H,1H3. The lowest BCUT2D eigenvalue weighted by Crippen LogP contribution is -1.81. The summed E-state index contributed by atoms with van der Waals surface area (Å²) in [4.78, 5) is 4.29. The molecule has 0 bridgehead atoms. The summed E-state index contributed by atoms with van der Waals surface area (Å²) >= 11 is 3.22. The molecule has 0 radical (unpaired) electrons. The van der Waals surface area contributed by atoms with Crippen molar-refractivity contribution in [2.45, 2.75) is 6.92 Å². The average Bonchev–Trinajstić information content (AvgIpc) is 3.01. The van der Waals surface area contributed by atoms with Crippen molar-refractivity contribution in [1.82, 2.24) is 10.1 Å². The van der Waals surface area contributed by atoms with Gasteiger partial charge in [0.15, 0.2) is 0 Å². The van der Waals surface area contributed by atoms with Crippen molar-refractivity contribution in [1.29, 1.82) is 0 Å². The Balaban J connectivity index is 2.01. The topological polar surface area (TPSA) is 72.3 Å². The number of aromatic hydroxyl groups is 1. The van der Waals surface area contributed by atoms with Crippen molar-refractivity contribution >= 4 is 15.9 Å². The Labute approximate surface area is 117 Å². The molecule has 0 aliphatic heterocycles. The van der Waals surface area contributed by atoms with Crippen LogP contribution in [0.3, 0.4) is 0 Å². The fourth-order valence-corrected chi connectivity index (χ4v) is 1.96. The highest BCUT2D eigenvalue weighted by molar-refractivity contribution is 9.10. The van der Waals surface area contributed by atoms with Crippen LogP contribution in [0.15, 0.2) is 43.9 Å². The van der Waals surface area contributed by atoms with Gasteiger partial charge in [0.05, 0.1) is 16.3 Å². The molecule has 0 aliphatic rings. The van der Waals surface area contributed by atoms with Crippen LogP contribution < -0.4 is 0 Å². The molecule has 0 fully saturated rings. The molecule has 0 saturated heterocycles. The third-order valence-electron chi connectivity index (χ3n) is 2.72. The molecular weight excluding hydrogens is 312 g/mol. The first-order chi connectivity index (χ1) is 9.15. The molecule has 0 spiro atoms. The number of aromatic nitrogens is 2. The first-order valence-electron chi connectivity index (χ1n) is 5.52. The van der Waals surface area contributed by atoms with Crippen LogP contribution in [0, 0.1) is 6.92 Å². The van der Waals surface area contributed by atoms with Crippen LogP contribution in [-0.2, 0) is 0 Å². The van der Waals surface area contributed by atoms with Crippen molar-refractivity contribution < 1.29 is 14.0 Å². The highest BCUT2D eigenvalue weighted by Crippen LogP contribution is 2.30. The summed E-state index contributed by atoms with van der Waals surface area (Å²) in [5.41, 5.74) is 1.44. The second-order valence-electron chi connectivity index (χ2n) is 3.98. The van der Waals surface area contributed by atoms with E-state index in [1.54, 1.807) is 30.5 Å². The molecule has 5 nitrogen and oxygen atoms in total. The minimum absolute atomic E-state index is 0.122. The first kappa shape index (κ1) is 12.0. The number of phenolic OH excluding ortho intramolecular Hbond substituents is 1. The summed E-state index contributed by atoms with van der Waals surface area (Å²) in [6.07, 6.45) is 1.58. The van der Waals surface area contributed by atoms with E-state index in [0.29, 0.717) is 21.8 Å². The van der Waals surface area contributed by atoms with Crippen molar-refractivity contribution in [3.63, 3.8) is 0 Å². The number of phenols is 1. The largest absolute Gasteiger partial charge is 0.507 e. The molecule has 0 unspecified atom stereocenters. The number of nitrogens with zero attached hydrogens (tertiary/aromatic N) is 2. The summed E-state index contributed by atoms with van der Waals surface area (Å²) in [5, 5.41) is 13.6. The van der Waals surface area contributed by atoms with E-state index >= 15 is 0 Å². The minimum Gasteiger partial charge on any atom is -0.507 e. The second-order valence-corrected chi connectivity index (χ2v) is 4.83. The zero-order chi connectivity index (χ0) is 13.4. The summed E-state index contributed by atoms with van der Waals surface area (Å²) in [6.45, 7) is 1.83. The van der Waals surface area contributed by atoms with Crippen LogP contribution in [0.4, 0.5) is 0 Å². The van der Waals surface area contributed by atoms with Gasteiger partial charge < -0.3 is 14.0 Å². The van der Waals surface area contributed by atoms with E-state index in [1.165, 1.54) is 0 Å². The number of hydrogen-bond donors (Lipinski definition) is 1. The molecule has 19 heavy (non-hydrogen) atoms. The molecule has 2 aromatic heterocycles. The molecule has 0 atom stereocenters. The normalized spacial score (nSPS) is 10.8. The van der Waals surface area contributed by atoms with E-state index in [1.807, 2.05) is 6.92 Å². The number of furan rings is 1. The van der Waals surface area contributed by atoms with Gasteiger partial charge in [-0.1, -0.05) is 5.16 Å². The molecule has 6 heteroatoms. The molecular formula is C13H9BrN2O3. The lowest BCUT2D eigenvalue weighted by atomic mass is 10.2. The van der Waals surface area contributed by atoms with E-state index < -0.39 is 0 Å². The zero-order valence-corrected chi connectivity index (χ0v) is 11.5. The fourth-order valence-electron chi connectivity index (χ4n) is 1.71. The maximum Gasteiger partial charge on any atom is 0.258 e. The van der Waals surface area contributed by atoms with Gasteiger partial charge in [-0.25, -0.2) is 0 Å². The first-order valence-corrected chi connectivity index (χ1v) is 6.31. The van der Waals surface area contributed by atoms with Crippen molar-refractivity contribution in [2.24, 2.45) is 0 Å². The predicted octanol–water partition coefficient (Wildman–Crippen LogP) is 3.77. The molecule has 2 heterocycles. The van der Waals surface area contributed by atoms with Crippen LogP contribution in [0.2, 0.25) is 0 Å². The Morgan fingerprint density at radius 2 is 2.11 bits per heavy atom. The Bertz CT molecular complexity index is 733. The molecule has 3 aromatic rings. The zero-order valence-electron chi connectivity index (χ0n) is 9.92. The van der Waals surface area contributed by atoms with Gasteiger partial charge in [-0.15, -0.1) is 0 Å². The maximum absolute atomic E-state index is 9.64. The number of halogens is 1. The van der Waals surface area contributed by atoms with Crippen LogP contribution >= 0.6 is 15.9 Å². The molecule has 1 N–H and O–H groups in total.